The van der Waals surface area contributed by atoms with Crippen LogP contribution in [0.15, 0.2) is 0 Å². The minimum Gasteiger partial charge on any atom is -0.465 e. The maximum absolute atomic E-state index is 12.9. The lowest BCUT2D eigenvalue weighted by atomic mass is 9.90. The first-order chi connectivity index (χ1) is 12.0. The number of hydrogen-bond donors (Lipinski definition) is 0. The molecule has 2 rings (SSSR count). The van der Waals surface area contributed by atoms with Crippen LogP contribution in [0.5, 0.6) is 0 Å². The molecule has 0 radical (unpaired) electrons. The summed E-state index contributed by atoms with van der Waals surface area (Å²) >= 11 is 0. The Kier molecular flexibility index (Phi) is 8.06. The van der Waals surface area contributed by atoms with Crippen LogP contribution in [0.4, 0.5) is 0 Å². The minimum atomic E-state index is -1.37. The summed E-state index contributed by atoms with van der Waals surface area (Å²) in [6.45, 7) is 4.53. The van der Waals surface area contributed by atoms with Crippen molar-refractivity contribution in [2.75, 3.05) is 24.7 Å². The molecule has 6 nitrogen and oxygen atoms in total. The summed E-state index contributed by atoms with van der Waals surface area (Å²) in [6, 6.07) is 0. The van der Waals surface area contributed by atoms with Gasteiger partial charge in [0.05, 0.1) is 25.0 Å². The lowest BCUT2D eigenvalue weighted by Crippen LogP contribution is -2.40. The van der Waals surface area contributed by atoms with Crippen molar-refractivity contribution < 1.29 is 27.5 Å². The zero-order valence-corrected chi connectivity index (χ0v) is 16.6. The third-order valence-corrected chi connectivity index (χ3v) is 9.41. The van der Waals surface area contributed by atoms with Crippen molar-refractivity contribution in [2.45, 2.75) is 50.5 Å². The van der Waals surface area contributed by atoms with E-state index < -0.39 is 26.2 Å². The number of ether oxygens (including phenoxy) is 2. The fourth-order valence-corrected chi connectivity index (χ4v) is 7.58. The van der Waals surface area contributed by atoms with Crippen LogP contribution >= 0.6 is 0 Å². The number of rotatable bonds is 8. The first kappa shape index (κ1) is 20.6. The molecule has 0 aromatic heterocycles. The molecule has 6 atom stereocenters. The van der Waals surface area contributed by atoms with Crippen LogP contribution in [0.2, 0.25) is 0 Å². The van der Waals surface area contributed by atoms with Crippen molar-refractivity contribution in [3.05, 3.63) is 0 Å². The van der Waals surface area contributed by atoms with Gasteiger partial charge in [0.15, 0.2) is 0 Å². The van der Waals surface area contributed by atoms with Crippen molar-refractivity contribution in [3.8, 4) is 0 Å². The monoisotopic (exact) mass is 392 g/mol. The van der Waals surface area contributed by atoms with Crippen LogP contribution in [0.25, 0.3) is 0 Å². The second kappa shape index (κ2) is 9.80. The topological polar surface area (TPSA) is 86.7 Å². The Morgan fingerprint density at radius 1 is 1.04 bits per heavy atom. The molecular formula is C17H28O6S2. The van der Waals surface area contributed by atoms with Crippen molar-refractivity contribution in [1.82, 2.24) is 0 Å². The van der Waals surface area contributed by atoms with Gasteiger partial charge in [-0.25, -0.2) is 0 Å². The van der Waals surface area contributed by atoms with Gasteiger partial charge in [-0.15, -0.1) is 0 Å². The standard InChI is InChI=1S/C17H28O6S2/c1-3-24(20)17(12(2)14-7-5-10-23-16(14)19)25(21)11-8-13-6-4-9-22-15(13)18/h12-14,17H,3-11H2,1-2H3. The van der Waals surface area contributed by atoms with Crippen molar-refractivity contribution in [1.29, 1.82) is 0 Å². The zero-order valence-electron chi connectivity index (χ0n) is 14.9. The van der Waals surface area contributed by atoms with E-state index in [2.05, 4.69) is 0 Å². The Hall–Kier alpha value is -0.760. The molecule has 8 heteroatoms. The number of esters is 2. The molecule has 2 heterocycles. The summed E-state index contributed by atoms with van der Waals surface area (Å²) in [6.07, 6.45) is 3.53. The summed E-state index contributed by atoms with van der Waals surface area (Å²) < 4.78 is 35.0. The molecule has 0 amide bonds. The van der Waals surface area contributed by atoms with E-state index in [-0.39, 0.29) is 29.7 Å². The summed E-state index contributed by atoms with van der Waals surface area (Å²) in [5, 5.41) is 0. The van der Waals surface area contributed by atoms with Gasteiger partial charge in [0.25, 0.3) is 0 Å². The highest BCUT2D eigenvalue weighted by Crippen LogP contribution is 2.31. The van der Waals surface area contributed by atoms with E-state index in [0.29, 0.717) is 37.6 Å². The highest BCUT2D eigenvalue weighted by atomic mass is 32.2. The molecule has 0 aromatic rings. The number of carbonyl (C=O) groups is 2. The normalized spacial score (nSPS) is 29.2. The van der Waals surface area contributed by atoms with Gasteiger partial charge in [0.1, 0.15) is 4.58 Å². The number of cyclic esters (lactones) is 2. The molecule has 0 spiro atoms. The van der Waals surface area contributed by atoms with Crippen molar-refractivity contribution in [2.24, 2.45) is 17.8 Å². The van der Waals surface area contributed by atoms with Crippen LogP contribution in [0.3, 0.4) is 0 Å². The van der Waals surface area contributed by atoms with E-state index in [1.165, 1.54) is 0 Å². The SMILES string of the molecule is CCS(=O)C(C(C)C1CCCOC1=O)S(=O)CCC1CCCOC1=O. The predicted molar refractivity (Wildman–Crippen MR) is 96.6 cm³/mol. The van der Waals surface area contributed by atoms with E-state index in [1.54, 1.807) is 6.92 Å². The van der Waals surface area contributed by atoms with E-state index >= 15 is 0 Å². The number of carbonyl (C=O) groups excluding carboxylic acids is 2. The molecule has 0 bridgehead atoms. The summed E-state index contributed by atoms with van der Waals surface area (Å²) in [5.41, 5.74) is 0. The highest BCUT2D eigenvalue weighted by Gasteiger charge is 2.39. The molecule has 6 unspecified atom stereocenters. The Labute approximate surface area is 154 Å². The second-order valence-electron chi connectivity index (χ2n) is 6.69. The van der Waals surface area contributed by atoms with Gasteiger partial charge in [-0.2, -0.15) is 0 Å². The number of hydrogen-bond acceptors (Lipinski definition) is 6. The lowest BCUT2D eigenvalue weighted by Gasteiger charge is -2.31. The van der Waals surface area contributed by atoms with E-state index in [9.17, 15) is 18.0 Å². The quantitative estimate of drug-likeness (QED) is 0.585. The first-order valence-electron chi connectivity index (χ1n) is 9.03. The minimum absolute atomic E-state index is 0.219. The smallest absolute Gasteiger partial charge is 0.309 e. The summed E-state index contributed by atoms with van der Waals surface area (Å²) in [5.74, 6) is -0.630. The molecule has 2 aliphatic rings. The van der Waals surface area contributed by atoms with Crippen LogP contribution in [0, 0.1) is 17.8 Å². The molecule has 2 fully saturated rings. The largest absolute Gasteiger partial charge is 0.465 e. The van der Waals surface area contributed by atoms with Gasteiger partial charge < -0.3 is 9.47 Å². The Balaban J connectivity index is 2.02. The highest BCUT2D eigenvalue weighted by molar-refractivity contribution is 8.03. The molecule has 0 saturated carbocycles. The maximum atomic E-state index is 12.9. The van der Waals surface area contributed by atoms with Gasteiger partial charge in [-0.1, -0.05) is 13.8 Å². The predicted octanol–water partition coefficient (Wildman–Crippen LogP) is 1.76. The average molecular weight is 393 g/mol. The molecular weight excluding hydrogens is 364 g/mol. The first-order valence-corrected chi connectivity index (χ1v) is 11.8. The van der Waals surface area contributed by atoms with Crippen LogP contribution in [0.1, 0.15) is 46.0 Å². The van der Waals surface area contributed by atoms with E-state index in [1.807, 2.05) is 6.92 Å². The van der Waals surface area contributed by atoms with Gasteiger partial charge in [-0.05, 0) is 38.0 Å². The van der Waals surface area contributed by atoms with Crippen molar-refractivity contribution in [3.63, 3.8) is 0 Å². The van der Waals surface area contributed by atoms with E-state index in [4.69, 9.17) is 9.47 Å². The lowest BCUT2D eigenvalue weighted by molar-refractivity contribution is -0.155. The molecule has 0 aromatic carbocycles. The fraction of sp³-hybridized carbons (Fsp3) is 0.882. The maximum Gasteiger partial charge on any atom is 0.309 e. The third-order valence-electron chi connectivity index (χ3n) is 5.02. The Morgan fingerprint density at radius 3 is 2.28 bits per heavy atom. The molecule has 25 heavy (non-hydrogen) atoms. The average Bonchev–Trinajstić information content (AvgIpc) is 2.61. The fourth-order valence-electron chi connectivity index (χ4n) is 3.51. The second-order valence-corrected chi connectivity index (χ2v) is 10.5. The Bertz CT molecular complexity index is 535. The third kappa shape index (κ3) is 5.36. The molecule has 144 valence electrons. The molecule has 2 saturated heterocycles. The van der Waals surface area contributed by atoms with Crippen LogP contribution in [-0.2, 0) is 40.7 Å². The molecule has 0 N–H and O–H groups in total. The van der Waals surface area contributed by atoms with Crippen LogP contribution in [-0.4, -0.2) is 49.7 Å². The van der Waals surface area contributed by atoms with Crippen molar-refractivity contribution >= 4 is 33.5 Å². The van der Waals surface area contributed by atoms with E-state index in [0.717, 1.165) is 19.3 Å². The van der Waals surface area contributed by atoms with Gasteiger partial charge >= 0.3 is 11.9 Å². The molecule has 0 aliphatic carbocycles. The molecule has 2 aliphatic heterocycles. The summed E-state index contributed by atoms with van der Waals surface area (Å²) in [4.78, 5) is 23.8. The summed E-state index contributed by atoms with van der Waals surface area (Å²) in [7, 11) is -2.65. The van der Waals surface area contributed by atoms with Gasteiger partial charge in [0, 0.05) is 33.1 Å². The Morgan fingerprint density at radius 2 is 1.68 bits per heavy atom. The van der Waals surface area contributed by atoms with Crippen LogP contribution < -0.4 is 0 Å². The zero-order chi connectivity index (χ0) is 18.4. The van der Waals surface area contributed by atoms with Gasteiger partial charge in [-0.3, -0.25) is 18.0 Å². The van der Waals surface area contributed by atoms with Gasteiger partial charge in [0.2, 0.25) is 0 Å².